The second-order valence-electron chi connectivity index (χ2n) is 8.80. The van der Waals surface area contributed by atoms with Crippen molar-refractivity contribution in [1.82, 2.24) is 4.90 Å². The number of benzene rings is 2. The van der Waals surface area contributed by atoms with Gasteiger partial charge in [-0.15, -0.1) is 0 Å². The van der Waals surface area contributed by atoms with Crippen LogP contribution in [0, 0.1) is 0 Å². The predicted octanol–water partition coefficient (Wildman–Crippen LogP) is 3.62. The minimum absolute atomic E-state index is 0.00113. The third-order valence-corrected chi connectivity index (χ3v) is 6.61. The van der Waals surface area contributed by atoms with Crippen molar-refractivity contribution in [3.05, 3.63) is 80.9 Å². The first-order valence-corrected chi connectivity index (χ1v) is 11.9. The number of hydrogen-bond donors (Lipinski definition) is 1. The number of carbonyl (C=O) groups is 1. The Balaban J connectivity index is 1.67. The molecule has 0 aliphatic carbocycles. The lowest BCUT2D eigenvalue weighted by Gasteiger charge is -2.29. The summed E-state index contributed by atoms with van der Waals surface area (Å²) in [7, 11) is 6.01. The minimum atomic E-state index is -0.782. The molecule has 2 aromatic carbocycles. The van der Waals surface area contributed by atoms with Gasteiger partial charge in [-0.05, 0) is 35.7 Å². The van der Waals surface area contributed by atoms with Gasteiger partial charge in [-0.2, -0.15) is 0 Å². The Hall–Kier alpha value is -3.98. The number of aromatic hydroxyl groups is 1. The molecule has 1 atom stereocenters. The molecule has 0 saturated heterocycles. The zero-order valence-corrected chi connectivity index (χ0v) is 21.4. The molecule has 0 saturated carbocycles. The van der Waals surface area contributed by atoms with E-state index in [2.05, 4.69) is 4.90 Å². The van der Waals surface area contributed by atoms with Crippen LogP contribution in [0.5, 0.6) is 23.0 Å². The van der Waals surface area contributed by atoms with Crippen LogP contribution >= 0.6 is 0 Å². The van der Waals surface area contributed by atoms with Gasteiger partial charge in [-0.3, -0.25) is 14.5 Å². The van der Waals surface area contributed by atoms with E-state index in [0.717, 1.165) is 18.5 Å². The molecule has 0 amide bonds. The van der Waals surface area contributed by atoms with E-state index in [4.69, 9.17) is 23.4 Å². The van der Waals surface area contributed by atoms with Gasteiger partial charge in [-0.1, -0.05) is 18.2 Å². The van der Waals surface area contributed by atoms with Gasteiger partial charge in [0.05, 0.1) is 47.3 Å². The quantitative estimate of drug-likeness (QED) is 0.433. The molecule has 1 aliphatic rings. The summed E-state index contributed by atoms with van der Waals surface area (Å²) in [6.07, 6.45) is 0.645. The first kappa shape index (κ1) is 26.1. The van der Waals surface area contributed by atoms with Crippen molar-refractivity contribution in [2.75, 3.05) is 35.0 Å². The lowest BCUT2D eigenvalue weighted by Crippen LogP contribution is -2.30. The SMILES string of the molecule is COC(=O)C[C@H](c1ccccc1OC)c1oc(CN2CCc3cc(OC)c(OC)cc3C2)cc(=O)c1O. The first-order valence-electron chi connectivity index (χ1n) is 11.9. The number of nitrogens with zero attached hydrogens (tertiary/aromatic N) is 1. The van der Waals surface area contributed by atoms with E-state index in [0.29, 0.717) is 41.7 Å². The van der Waals surface area contributed by atoms with Gasteiger partial charge in [-0.25, -0.2) is 0 Å². The molecule has 3 aromatic rings. The zero-order chi connectivity index (χ0) is 26.5. The smallest absolute Gasteiger partial charge is 0.306 e. The lowest BCUT2D eigenvalue weighted by molar-refractivity contribution is -0.140. The van der Waals surface area contributed by atoms with Crippen molar-refractivity contribution in [3.63, 3.8) is 0 Å². The number of para-hydroxylation sites is 1. The molecule has 0 fully saturated rings. The molecule has 196 valence electrons. The molecule has 4 rings (SSSR count). The van der Waals surface area contributed by atoms with Crippen molar-refractivity contribution in [3.8, 4) is 23.0 Å². The molecule has 1 N–H and O–H groups in total. The first-order chi connectivity index (χ1) is 17.9. The van der Waals surface area contributed by atoms with E-state index in [-0.39, 0.29) is 12.2 Å². The average molecular weight is 510 g/mol. The summed E-state index contributed by atoms with van der Waals surface area (Å²) in [4.78, 5) is 27.2. The second-order valence-corrected chi connectivity index (χ2v) is 8.80. The lowest BCUT2D eigenvalue weighted by atomic mass is 9.91. The fourth-order valence-corrected chi connectivity index (χ4v) is 4.71. The van der Waals surface area contributed by atoms with Crippen molar-refractivity contribution in [2.45, 2.75) is 31.8 Å². The van der Waals surface area contributed by atoms with Gasteiger partial charge >= 0.3 is 5.97 Å². The Morgan fingerprint density at radius 2 is 1.68 bits per heavy atom. The highest BCUT2D eigenvalue weighted by molar-refractivity contribution is 5.71. The summed E-state index contributed by atoms with van der Waals surface area (Å²) in [5.41, 5.74) is 2.29. The van der Waals surface area contributed by atoms with Crippen LogP contribution in [0.3, 0.4) is 0 Å². The molecule has 1 aromatic heterocycles. The van der Waals surface area contributed by atoms with Gasteiger partial charge in [0.1, 0.15) is 11.5 Å². The Kier molecular flexibility index (Phi) is 8.03. The topological polar surface area (TPSA) is 108 Å². The summed E-state index contributed by atoms with van der Waals surface area (Å²) in [5, 5.41) is 10.7. The second kappa shape index (κ2) is 11.4. The highest BCUT2D eigenvalue weighted by atomic mass is 16.5. The Morgan fingerprint density at radius 1 is 1.00 bits per heavy atom. The summed E-state index contributed by atoms with van der Waals surface area (Å²) in [5.74, 6) is 0.397. The van der Waals surface area contributed by atoms with E-state index in [1.54, 1.807) is 38.5 Å². The van der Waals surface area contributed by atoms with Gasteiger partial charge in [0.25, 0.3) is 0 Å². The van der Waals surface area contributed by atoms with Crippen molar-refractivity contribution in [1.29, 1.82) is 0 Å². The number of fused-ring (bicyclic) bond motifs is 1. The van der Waals surface area contributed by atoms with Crippen LogP contribution in [0.25, 0.3) is 0 Å². The zero-order valence-electron chi connectivity index (χ0n) is 21.4. The highest BCUT2D eigenvalue weighted by Crippen LogP contribution is 2.38. The van der Waals surface area contributed by atoms with E-state index in [1.165, 1.54) is 25.8 Å². The van der Waals surface area contributed by atoms with Gasteiger partial charge in [0.2, 0.25) is 11.2 Å². The molecule has 9 heteroatoms. The summed E-state index contributed by atoms with van der Waals surface area (Å²) < 4.78 is 27.3. The van der Waals surface area contributed by atoms with Gasteiger partial charge in [0.15, 0.2) is 17.3 Å². The van der Waals surface area contributed by atoms with Crippen LogP contribution in [0.15, 0.2) is 51.7 Å². The highest BCUT2D eigenvalue weighted by Gasteiger charge is 2.29. The van der Waals surface area contributed by atoms with E-state index < -0.39 is 23.1 Å². The van der Waals surface area contributed by atoms with Crippen LogP contribution in [0.1, 0.15) is 40.5 Å². The number of esters is 1. The summed E-state index contributed by atoms with van der Waals surface area (Å²) in [6.45, 7) is 1.70. The van der Waals surface area contributed by atoms with E-state index >= 15 is 0 Å². The molecule has 0 unspecified atom stereocenters. The van der Waals surface area contributed by atoms with Gasteiger partial charge < -0.3 is 28.5 Å². The molecule has 37 heavy (non-hydrogen) atoms. The molecule has 9 nitrogen and oxygen atoms in total. The summed E-state index contributed by atoms with van der Waals surface area (Å²) >= 11 is 0. The Bertz CT molecular complexity index is 1330. The Morgan fingerprint density at radius 3 is 2.35 bits per heavy atom. The van der Waals surface area contributed by atoms with Gasteiger partial charge in [0, 0.05) is 24.7 Å². The van der Waals surface area contributed by atoms with Crippen LogP contribution in [0.2, 0.25) is 0 Å². The minimum Gasteiger partial charge on any atom is -0.502 e. The maximum atomic E-state index is 12.8. The van der Waals surface area contributed by atoms with Crippen molar-refractivity contribution >= 4 is 5.97 Å². The Labute approximate surface area is 215 Å². The fourth-order valence-electron chi connectivity index (χ4n) is 4.71. The van der Waals surface area contributed by atoms with Crippen LogP contribution in [-0.4, -0.2) is 51.0 Å². The van der Waals surface area contributed by atoms with Crippen LogP contribution in [-0.2, 0) is 29.0 Å². The van der Waals surface area contributed by atoms with Crippen molar-refractivity contribution in [2.24, 2.45) is 0 Å². The number of carbonyl (C=O) groups excluding carboxylic acids is 1. The number of hydrogen-bond acceptors (Lipinski definition) is 9. The van der Waals surface area contributed by atoms with E-state index in [9.17, 15) is 14.7 Å². The third kappa shape index (κ3) is 5.56. The van der Waals surface area contributed by atoms with Crippen LogP contribution in [0.4, 0.5) is 0 Å². The molecule has 2 heterocycles. The third-order valence-electron chi connectivity index (χ3n) is 6.61. The fraction of sp³-hybridized carbons (Fsp3) is 0.357. The van der Waals surface area contributed by atoms with Crippen molar-refractivity contribution < 1.29 is 33.3 Å². The molecular formula is C28H31NO8. The maximum absolute atomic E-state index is 12.8. The predicted molar refractivity (Wildman–Crippen MR) is 135 cm³/mol. The van der Waals surface area contributed by atoms with E-state index in [1.807, 2.05) is 12.1 Å². The molecule has 1 aliphatic heterocycles. The van der Waals surface area contributed by atoms with Crippen LogP contribution < -0.4 is 19.6 Å². The monoisotopic (exact) mass is 509 g/mol. The molecule has 0 spiro atoms. The number of ether oxygens (including phenoxy) is 4. The normalized spacial score (nSPS) is 13.9. The summed E-state index contributed by atoms with van der Waals surface area (Å²) in [6, 6.07) is 12.3. The molecule has 0 radical (unpaired) electrons. The number of methoxy groups -OCH3 is 4. The average Bonchev–Trinajstić information content (AvgIpc) is 2.92. The number of rotatable bonds is 9. The molecule has 0 bridgehead atoms. The maximum Gasteiger partial charge on any atom is 0.306 e. The standard InChI is InChI=1S/C28H31NO8/c1-33-23-8-6-5-7-20(23)21(14-26(31)36-4)28-27(32)22(30)13-19(37-28)16-29-10-9-17-11-24(34-2)25(35-3)12-18(17)15-29/h5-8,11-13,21,32H,9-10,14-16H2,1-4H3/t21-/m1/s1. The molecular weight excluding hydrogens is 478 g/mol. The largest absolute Gasteiger partial charge is 0.502 e.